The van der Waals surface area contributed by atoms with Gasteiger partial charge in [-0.25, -0.2) is 4.98 Å². The number of alkyl halides is 1. The molecule has 0 aliphatic heterocycles. The second kappa shape index (κ2) is 9.71. The number of carbonyl (C=O) groups excluding carboxylic acids is 1. The van der Waals surface area contributed by atoms with E-state index in [1.807, 2.05) is 47.8 Å². The van der Waals surface area contributed by atoms with Crippen molar-refractivity contribution in [2.24, 2.45) is 0 Å². The molecular weight excluding hydrogens is 440 g/mol. The summed E-state index contributed by atoms with van der Waals surface area (Å²) in [6.07, 6.45) is 0.482. The third-order valence-electron chi connectivity index (χ3n) is 4.20. The summed E-state index contributed by atoms with van der Waals surface area (Å²) in [7, 11) is 3.24. The van der Waals surface area contributed by atoms with Crippen LogP contribution < -0.4 is 14.8 Å². The summed E-state index contributed by atoms with van der Waals surface area (Å²) in [6.45, 7) is 0.529. The van der Waals surface area contributed by atoms with E-state index in [4.69, 9.17) is 14.5 Å². The fraction of sp³-hybridized carbons (Fsp3) is 0.238. The molecule has 0 saturated heterocycles. The Morgan fingerprint density at radius 1 is 1.07 bits per heavy atom. The summed E-state index contributed by atoms with van der Waals surface area (Å²) in [6, 6.07) is 13.9. The lowest BCUT2D eigenvalue weighted by molar-refractivity contribution is -0.120. The van der Waals surface area contributed by atoms with Crippen molar-refractivity contribution in [3.8, 4) is 33.3 Å². The second-order valence-corrected chi connectivity index (χ2v) is 7.67. The Hall–Kier alpha value is -2.38. The number of nitrogens with zero attached hydrogens (tertiary/aromatic N) is 1. The molecule has 0 aliphatic carbocycles. The largest absolute Gasteiger partial charge is 0.493 e. The normalized spacial score (nSPS) is 10.5. The highest BCUT2D eigenvalue weighted by Crippen LogP contribution is 2.34. The van der Waals surface area contributed by atoms with E-state index >= 15 is 0 Å². The zero-order valence-corrected chi connectivity index (χ0v) is 18.1. The van der Waals surface area contributed by atoms with Gasteiger partial charge in [-0.15, -0.1) is 11.3 Å². The van der Waals surface area contributed by atoms with Gasteiger partial charge in [-0.2, -0.15) is 0 Å². The van der Waals surface area contributed by atoms with Crippen LogP contribution in [0.4, 0.5) is 0 Å². The van der Waals surface area contributed by atoms with Crippen LogP contribution in [0.5, 0.6) is 11.5 Å². The molecular formula is C21H21BrN2O3S. The van der Waals surface area contributed by atoms with Crippen LogP contribution in [0.2, 0.25) is 0 Å². The average Bonchev–Trinajstić information content (AvgIpc) is 3.22. The van der Waals surface area contributed by atoms with E-state index in [1.54, 1.807) is 25.6 Å². The van der Waals surface area contributed by atoms with Gasteiger partial charge in [0.25, 0.3) is 0 Å². The van der Waals surface area contributed by atoms with Crippen LogP contribution in [-0.4, -0.2) is 30.4 Å². The Balaban J connectivity index is 1.72. The van der Waals surface area contributed by atoms with Crippen LogP contribution in [0.1, 0.15) is 12.0 Å². The van der Waals surface area contributed by atoms with Gasteiger partial charge in [0.1, 0.15) is 5.01 Å². The number of aromatic nitrogens is 1. The van der Waals surface area contributed by atoms with Gasteiger partial charge in [-0.05, 0) is 23.8 Å². The van der Waals surface area contributed by atoms with Crippen molar-refractivity contribution in [3.05, 3.63) is 53.4 Å². The van der Waals surface area contributed by atoms with Gasteiger partial charge in [0.05, 0.1) is 19.9 Å². The molecule has 0 unspecified atom stereocenters. The first-order valence-corrected chi connectivity index (χ1v) is 10.7. The van der Waals surface area contributed by atoms with E-state index in [0.717, 1.165) is 27.4 Å². The summed E-state index contributed by atoms with van der Waals surface area (Å²) in [5.41, 5.74) is 3.98. The molecule has 3 aromatic rings. The minimum Gasteiger partial charge on any atom is -0.493 e. The number of hydrogen-bond donors (Lipinski definition) is 1. The second-order valence-electron chi connectivity index (χ2n) is 6.02. The molecule has 1 aromatic heterocycles. The molecule has 1 heterocycles. The maximum Gasteiger partial charge on any atom is 0.221 e. The number of halogens is 1. The van der Waals surface area contributed by atoms with E-state index in [-0.39, 0.29) is 5.91 Å². The van der Waals surface area contributed by atoms with Crippen molar-refractivity contribution in [3.63, 3.8) is 0 Å². The molecule has 0 radical (unpaired) electrons. The van der Waals surface area contributed by atoms with Crippen molar-refractivity contribution in [1.82, 2.24) is 10.3 Å². The van der Waals surface area contributed by atoms with E-state index in [1.165, 1.54) is 0 Å². The average molecular weight is 461 g/mol. The minimum absolute atomic E-state index is 0.0421. The third kappa shape index (κ3) is 4.91. The summed E-state index contributed by atoms with van der Waals surface area (Å²) in [5.74, 6) is 1.42. The van der Waals surface area contributed by atoms with Crippen LogP contribution in [0, 0.1) is 0 Å². The SMILES string of the molecule is COc1ccc(-c2csc(-c3ccc(CNC(=O)CCBr)cc3)n2)cc1OC. The van der Waals surface area contributed by atoms with Crippen molar-refractivity contribution >= 4 is 33.2 Å². The van der Waals surface area contributed by atoms with E-state index in [0.29, 0.717) is 29.8 Å². The van der Waals surface area contributed by atoms with Gasteiger partial charge >= 0.3 is 0 Å². The number of ether oxygens (including phenoxy) is 2. The predicted molar refractivity (Wildman–Crippen MR) is 116 cm³/mol. The Labute approximate surface area is 176 Å². The lowest BCUT2D eigenvalue weighted by Crippen LogP contribution is -2.22. The Bertz CT molecular complexity index is 941. The maximum atomic E-state index is 11.6. The Morgan fingerprint density at radius 2 is 1.79 bits per heavy atom. The molecule has 0 fully saturated rings. The van der Waals surface area contributed by atoms with Gasteiger partial charge in [0.2, 0.25) is 5.91 Å². The van der Waals surface area contributed by atoms with Gasteiger partial charge in [-0.3, -0.25) is 4.79 Å². The highest BCUT2D eigenvalue weighted by molar-refractivity contribution is 9.09. The molecule has 5 nitrogen and oxygen atoms in total. The van der Waals surface area contributed by atoms with E-state index < -0.39 is 0 Å². The van der Waals surface area contributed by atoms with E-state index in [2.05, 4.69) is 21.2 Å². The standard InChI is InChI=1S/C21H21BrN2O3S/c1-26-18-8-7-16(11-19(18)27-2)17-13-28-21(24-17)15-5-3-14(4-6-15)12-23-20(25)9-10-22/h3-8,11,13H,9-10,12H2,1-2H3,(H,23,25). The molecule has 1 N–H and O–H groups in total. The molecule has 0 atom stereocenters. The van der Waals surface area contributed by atoms with Crippen LogP contribution in [-0.2, 0) is 11.3 Å². The van der Waals surface area contributed by atoms with Gasteiger partial charge < -0.3 is 14.8 Å². The van der Waals surface area contributed by atoms with Crippen LogP contribution >= 0.6 is 27.3 Å². The van der Waals surface area contributed by atoms with Gasteiger partial charge in [-0.1, -0.05) is 40.2 Å². The number of carbonyl (C=O) groups is 1. The van der Waals surface area contributed by atoms with Crippen molar-refractivity contribution in [1.29, 1.82) is 0 Å². The molecule has 3 rings (SSSR count). The topological polar surface area (TPSA) is 60.5 Å². The zero-order chi connectivity index (χ0) is 19.9. The highest BCUT2D eigenvalue weighted by Gasteiger charge is 2.10. The molecule has 146 valence electrons. The lowest BCUT2D eigenvalue weighted by Gasteiger charge is -2.08. The summed E-state index contributed by atoms with van der Waals surface area (Å²) in [5, 5.41) is 6.55. The van der Waals surface area contributed by atoms with Crippen molar-refractivity contribution < 1.29 is 14.3 Å². The molecule has 1 amide bonds. The molecule has 0 bridgehead atoms. The van der Waals surface area contributed by atoms with Gasteiger partial charge in [0, 0.05) is 34.8 Å². The highest BCUT2D eigenvalue weighted by atomic mass is 79.9. The monoisotopic (exact) mass is 460 g/mol. The summed E-state index contributed by atoms with van der Waals surface area (Å²) >= 11 is 4.86. The Morgan fingerprint density at radius 3 is 2.46 bits per heavy atom. The third-order valence-corrected chi connectivity index (χ3v) is 5.48. The van der Waals surface area contributed by atoms with Crippen molar-refractivity contribution in [2.45, 2.75) is 13.0 Å². The number of amides is 1. The summed E-state index contributed by atoms with van der Waals surface area (Å²) in [4.78, 5) is 16.3. The first-order valence-electron chi connectivity index (χ1n) is 8.74. The van der Waals surface area contributed by atoms with Crippen LogP contribution in [0.15, 0.2) is 47.8 Å². The molecule has 2 aromatic carbocycles. The first-order chi connectivity index (χ1) is 13.6. The lowest BCUT2D eigenvalue weighted by atomic mass is 10.1. The fourth-order valence-corrected chi connectivity index (χ4v) is 3.87. The van der Waals surface area contributed by atoms with Crippen LogP contribution in [0.25, 0.3) is 21.8 Å². The minimum atomic E-state index is 0.0421. The predicted octanol–water partition coefficient (Wildman–Crippen LogP) is 4.90. The smallest absolute Gasteiger partial charge is 0.221 e. The first kappa shape index (κ1) is 20.4. The molecule has 7 heteroatoms. The molecule has 28 heavy (non-hydrogen) atoms. The molecule has 0 saturated carbocycles. The molecule has 0 aliphatic rings. The number of benzene rings is 2. The van der Waals surface area contributed by atoms with Crippen LogP contribution in [0.3, 0.4) is 0 Å². The fourth-order valence-electron chi connectivity index (χ4n) is 2.67. The zero-order valence-electron chi connectivity index (χ0n) is 15.7. The Kier molecular flexibility index (Phi) is 7.06. The van der Waals surface area contributed by atoms with Gasteiger partial charge in [0.15, 0.2) is 11.5 Å². The number of thiazole rings is 1. The van der Waals surface area contributed by atoms with E-state index in [9.17, 15) is 4.79 Å². The number of rotatable bonds is 8. The number of methoxy groups -OCH3 is 2. The number of nitrogens with one attached hydrogen (secondary N) is 1. The van der Waals surface area contributed by atoms with Crippen molar-refractivity contribution in [2.75, 3.05) is 19.5 Å². The number of hydrogen-bond acceptors (Lipinski definition) is 5. The quantitative estimate of drug-likeness (QED) is 0.485. The molecule has 0 spiro atoms. The maximum absolute atomic E-state index is 11.6. The summed E-state index contributed by atoms with van der Waals surface area (Å²) < 4.78 is 10.7.